The number of aryl methyl sites for hydroxylation is 1. The molecule has 0 atom stereocenters. The van der Waals surface area contributed by atoms with Crippen molar-refractivity contribution >= 4 is 23.1 Å². The Morgan fingerprint density at radius 2 is 1.77 bits per heavy atom. The van der Waals surface area contributed by atoms with Crippen molar-refractivity contribution in [3.05, 3.63) is 82.2 Å². The Labute approximate surface area is 188 Å². The Kier molecular flexibility index (Phi) is 7.33. The summed E-state index contributed by atoms with van der Waals surface area (Å²) >= 11 is 1.78. The predicted octanol–water partition coefficient (Wildman–Crippen LogP) is 3.85. The average molecular weight is 435 g/mol. The number of benzene rings is 1. The molecule has 0 bridgehead atoms. The lowest BCUT2D eigenvalue weighted by molar-refractivity contribution is -0.133. The third kappa shape index (κ3) is 6.15. The minimum atomic E-state index is 0.216. The fourth-order valence-corrected chi connectivity index (χ4v) is 4.83. The minimum absolute atomic E-state index is 0.216. The highest BCUT2D eigenvalue weighted by Gasteiger charge is 2.23. The van der Waals surface area contributed by atoms with Crippen LogP contribution in [0.25, 0.3) is 0 Å². The topological polar surface area (TPSA) is 39.7 Å². The van der Waals surface area contributed by atoms with Gasteiger partial charge in [0.25, 0.3) is 0 Å². The highest BCUT2D eigenvalue weighted by atomic mass is 32.1. The van der Waals surface area contributed by atoms with Gasteiger partial charge in [0.15, 0.2) is 0 Å². The van der Waals surface area contributed by atoms with Crippen molar-refractivity contribution in [3.8, 4) is 0 Å². The first-order valence-corrected chi connectivity index (χ1v) is 11.7. The molecular formula is C25H30N4OS. The molecule has 0 unspecified atom stereocenters. The lowest BCUT2D eigenvalue weighted by atomic mass is 10.1. The largest absolute Gasteiger partial charge is 0.354 e. The van der Waals surface area contributed by atoms with Crippen molar-refractivity contribution in [1.82, 2.24) is 14.8 Å². The summed E-state index contributed by atoms with van der Waals surface area (Å²) in [5.41, 5.74) is 1.27. The van der Waals surface area contributed by atoms with Gasteiger partial charge in [-0.15, -0.1) is 11.3 Å². The van der Waals surface area contributed by atoms with E-state index in [0.29, 0.717) is 13.1 Å². The standard InChI is InChI=1S/C25H30N4OS/c1-21-10-11-23(31-21)19-29(14-12-22-7-3-2-4-8-22)25(30)20-27-15-17-28(18-16-27)24-9-5-6-13-26-24/h2-11,13H,12,14-20H2,1H3. The number of anilines is 1. The van der Waals surface area contributed by atoms with Crippen LogP contribution in [0.2, 0.25) is 0 Å². The van der Waals surface area contributed by atoms with Gasteiger partial charge in [0.05, 0.1) is 13.1 Å². The molecule has 1 aliphatic rings. The van der Waals surface area contributed by atoms with Crippen molar-refractivity contribution in [2.24, 2.45) is 0 Å². The van der Waals surface area contributed by atoms with Crippen LogP contribution in [0.5, 0.6) is 0 Å². The van der Waals surface area contributed by atoms with E-state index in [1.165, 1.54) is 15.3 Å². The number of rotatable bonds is 8. The Hall–Kier alpha value is -2.70. The van der Waals surface area contributed by atoms with Crippen molar-refractivity contribution in [2.45, 2.75) is 19.9 Å². The summed E-state index contributed by atoms with van der Waals surface area (Å²) in [6.45, 7) is 7.60. The SMILES string of the molecule is Cc1ccc(CN(CCc2ccccc2)C(=O)CN2CCN(c3ccccn3)CC2)s1. The first-order chi connectivity index (χ1) is 15.2. The molecule has 3 heterocycles. The third-order valence-electron chi connectivity index (χ3n) is 5.71. The van der Waals surface area contributed by atoms with Crippen LogP contribution in [0.3, 0.4) is 0 Å². The molecule has 1 aliphatic heterocycles. The van der Waals surface area contributed by atoms with Crippen LogP contribution in [0, 0.1) is 6.92 Å². The maximum absolute atomic E-state index is 13.3. The van der Waals surface area contributed by atoms with Gasteiger partial charge in [0, 0.05) is 48.7 Å². The maximum Gasteiger partial charge on any atom is 0.237 e. The number of amides is 1. The van der Waals surface area contributed by atoms with Crippen molar-refractivity contribution in [1.29, 1.82) is 0 Å². The van der Waals surface area contributed by atoms with Gasteiger partial charge in [-0.25, -0.2) is 4.98 Å². The number of carbonyl (C=O) groups excluding carboxylic acids is 1. The molecule has 0 saturated carbocycles. The van der Waals surface area contributed by atoms with E-state index >= 15 is 0 Å². The number of hydrogen-bond acceptors (Lipinski definition) is 5. The molecule has 6 heteroatoms. The molecule has 0 aliphatic carbocycles. The molecule has 31 heavy (non-hydrogen) atoms. The minimum Gasteiger partial charge on any atom is -0.354 e. The summed E-state index contributed by atoms with van der Waals surface area (Å²) in [7, 11) is 0. The van der Waals surface area contributed by atoms with Gasteiger partial charge in [-0.3, -0.25) is 9.69 Å². The van der Waals surface area contributed by atoms with Crippen LogP contribution in [0.1, 0.15) is 15.3 Å². The van der Waals surface area contributed by atoms with E-state index < -0.39 is 0 Å². The summed E-state index contributed by atoms with van der Waals surface area (Å²) in [6, 6.07) is 20.7. The molecule has 1 saturated heterocycles. The van der Waals surface area contributed by atoms with Gasteiger partial charge >= 0.3 is 0 Å². The smallest absolute Gasteiger partial charge is 0.237 e. The first-order valence-electron chi connectivity index (χ1n) is 10.9. The summed E-state index contributed by atoms with van der Waals surface area (Å²) in [4.78, 5) is 26.8. The van der Waals surface area contributed by atoms with E-state index in [9.17, 15) is 4.79 Å². The van der Waals surface area contributed by atoms with Gasteiger partial charge in [0.1, 0.15) is 5.82 Å². The van der Waals surface area contributed by atoms with Crippen molar-refractivity contribution in [3.63, 3.8) is 0 Å². The number of hydrogen-bond donors (Lipinski definition) is 0. The lowest BCUT2D eigenvalue weighted by Crippen LogP contribution is -2.50. The molecule has 2 aromatic heterocycles. The maximum atomic E-state index is 13.3. The molecule has 1 aromatic carbocycles. The Morgan fingerprint density at radius 3 is 2.45 bits per heavy atom. The van der Waals surface area contributed by atoms with Gasteiger partial charge < -0.3 is 9.80 Å². The van der Waals surface area contributed by atoms with Crippen molar-refractivity contribution in [2.75, 3.05) is 44.2 Å². The van der Waals surface area contributed by atoms with Crippen LogP contribution in [0.15, 0.2) is 66.9 Å². The van der Waals surface area contributed by atoms with E-state index in [2.05, 4.69) is 64.2 Å². The molecule has 0 spiro atoms. The fraction of sp³-hybridized carbons (Fsp3) is 0.360. The molecule has 1 amide bonds. The average Bonchev–Trinajstić information content (AvgIpc) is 3.23. The number of thiophene rings is 1. The Morgan fingerprint density at radius 1 is 1.00 bits per heavy atom. The van der Waals surface area contributed by atoms with E-state index in [1.54, 1.807) is 11.3 Å². The fourth-order valence-electron chi connectivity index (χ4n) is 3.93. The number of nitrogens with zero attached hydrogens (tertiary/aromatic N) is 4. The number of aromatic nitrogens is 1. The molecule has 0 radical (unpaired) electrons. The second kappa shape index (κ2) is 10.6. The summed E-state index contributed by atoms with van der Waals surface area (Å²) < 4.78 is 0. The number of piperazine rings is 1. The van der Waals surface area contributed by atoms with Crippen LogP contribution in [-0.4, -0.2) is 60.0 Å². The summed E-state index contributed by atoms with van der Waals surface area (Å²) in [5, 5.41) is 0. The van der Waals surface area contributed by atoms with Crippen LogP contribution >= 0.6 is 11.3 Å². The monoisotopic (exact) mass is 434 g/mol. The summed E-state index contributed by atoms with van der Waals surface area (Å²) in [5.74, 6) is 1.24. The second-order valence-electron chi connectivity index (χ2n) is 8.01. The molecule has 0 N–H and O–H groups in total. The van der Waals surface area contributed by atoms with E-state index in [0.717, 1.165) is 45.0 Å². The number of pyridine rings is 1. The van der Waals surface area contributed by atoms with Crippen molar-refractivity contribution < 1.29 is 4.79 Å². The van der Waals surface area contributed by atoms with E-state index in [-0.39, 0.29) is 5.91 Å². The third-order valence-corrected chi connectivity index (χ3v) is 6.70. The molecule has 1 fully saturated rings. The van der Waals surface area contributed by atoms with Gasteiger partial charge in [-0.1, -0.05) is 36.4 Å². The van der Waals surface area contributed by atoms with Crippen LogP contribution < -0.4 is 4.90 Å². The highest BCUT2D eigenvalue weighted by Crippen LogP contribution is 2.18. The van der Waals surface area contributed by atoms with Gasteiger partial charge in [0.2, 0.25) is 5.91 Å². The predicted molar refractivity (Wildman–Crippen MR) is 128 cm³/mol. The molecular weight excluding hydrogens is 404 g/mol. The Balaban J connectivity index is 1.34. The molecule has 4 rings (SSSR count). The zero-order chi connectivity index (χ0) is 21.5. The Bertz CT molecular complexity index is 952. The molecule has 5 nitrogen and oxygen atoms in total. The van der Waals surface area contributed by atoms with Gasteiger partial charge in [-0.2, -0.15) is 0 Å². The zero-order valence-electron chi connectivity index (χ0n) is 18.1. The molecule has 162 valence electrons. The second-order valence-corrected chi connectivity index (χ2v) is 9.39. The van der Waals surface area contributed by atoms with Crippen LogP contribution in [-0.2, 0) is 17.8 Å². The molecule has 3 aromatic rings. The number of carbonyl (C=O) groups is 1. The zero-order valence-corrected chi connectivity index (χ0v) is 18.9. The summed E-state index contributed by atoms with van der Waals surface area (Å²) in [6.07, 6.45) is 2.71. The van der Waals surface area contributed by atoms with Crippen LogP contribution in [0.4, 0.5) is 5.82 Å². The lowest BCUT2D eigenvalue weighted by Gasteiger charge is -2.36. The first kappa shape index (κ1) is 21.5. The quantitative estimate of drug-likeness (QED) is 0.540. The van der Waals surface area contributed by atoms with Gasteiger partial charge in [-0.05, 0) is 43.2 Å². The highest BCUT2D eigenvalue weighted by molar-refractivity contribution is 7.11. The van der Waals surface area contributed by atoms with E-state index in [4.69, 9.17) is 0 Å². The normalized spacial score (nSPS) is 14.5. The van der Waals surface area contributed by atoms with E-state index in [1.807, 2.05) is 29.3 Å².